The first-order valence-electron chi connectivity index (χ1n) is 7.26. The largest absolute Gasteiger partial charge is 0.341 e. The van der Waals surface area contributed by atoms with E-state index in [0.717, 1.165) is 39.0 Å². The number of hydrogen-bond acceptors (Lipinski definition) is 2. The van der Waals surface area contributed by atoms with E-state index in [0.29, 0.717) is 12.3 Å². The first-order valence-corrected chi connectivity index (χ1v) is 7.26. The number of carbonyl (C=O) groups excluding carboxylic acids is 1. The molecule has 18 heavy (non-hydrogen) atoms. The minimum atomic E-state index is 0.0816. The smallest absolute Gasteiger partial charge is 0.223 e. The lowest BCUT2D eigenvalue weighted by Gasteiger charge is -2.28. The molecule has 0 aromatic carbocycles. The van der Waals surface area contributed by atoms with Crippen LogP contribution in [0.15, 0.2) is 0 Å². The van der Waals surface area contributed by atoms with Crippen molar-refractivity contribution in [2.24, 2.45) is 5.41 Å². The summed E-state index contributed by atoms with van der Waals surface area (Å²) in [7, 11) is 2.10. The minimum Gasteiger partial charge on any atom is -0.341 e. The topological polar surface area (TPSA) is 23.6 Å². The van der Waals surface area contributed by atoms with Gasteiger partial charge in [-0.3, -0.25) is 4.79 Å². The van der Waals surface area contributed by atoms with Crippen LogP contribution in [-0.2, 0) is 4.79 Å². The van der Waals surface area contributed by atoms with E-state index in [-0.39, 0.29) is 5.41 Å². The van der Waals surface area contributed by atoms with Crippen LogP contribution < -0.4 is 0 Å². The van der Waals surface area contributed by atoms with Crippen molar-refractivity contribution in [1.29, 1.82) is 0 Å². The summed E-state index contributed by atoms with van der Waals surface area (Å²) in [5.41, 5.74) is 0.0816. The minimum absolute atomic E-state index is 0.0816. The normalized spacial score (nSPS) is 11.9. The molecule has 0 saturated heterocycles. The van der Waals surface area contributed by atoms with Crippen molar-refractivity contribution in [1.82, 2.24) is 9.80 Å². The molecule has 0 aliphatic heterocycles. The van der Waals surface area contributed by atoms with Gasteiger partial charge in [0.15, 0.2) is 0 Å². The van der Waals surface area contributed by atoms with Crippen molar-refractivity contribution in [3.63, 3.8) is 0 Å². The van der Waals surface area contributed by atoms with Gasteiger partial charge in [-0.2, -0.15) is 0 Å². The molecule has 0 aromatic rings. The van der Waals surface area contributed by atoms with Gasteiger partial charge in [0.1, 0.15) is 0 Å². The number of nitrogens with zero attached hydrogens (tertiary/aromatic N) is 2. The fourth-order valence-electron chi connectivity index (χ4n) is 1.73. The number of hydrogen-bond donors (Lipinski definition) is 0. The van der Waals surface area contributed by atoms with Gasteiger partial charge in [-0.25, -0.2) is 0 Å². The zero-order chi connectivity index (χ0) is 14.2. The number of unbranched alkanes of at least 4 members (excludes halogenated alkanes) is 1. The molecule has 0 unspecified atom stereocenters. The Morgan fingerprint density at radius 2 is 1.67 bits per heavy atom. The van der Waals surface area contributed by atoms with Gasteiger partial charge in [0.2, 0.25) is 5.91 Å². The number of amides is 1. The lowest BCUT2D eigenvalue weighted by Crippen LogP contribution is -2.39. The summed E-state index contributed by atoms with van der Waals surface area (Å²) >= 11 is 0. The Balaban J connectivity index is 4.32. The van der Waals surface area contributed by atoms with E-state index in [1.165, 1.54) is 0 Å². The molecule has 3 heteroatoms. The van der Waals surface area contributed by atoms with Crippen LogP contribution >= 0.6 is 0 Å². The second-order valence-corrected chi connectivity index (χ2v) is 6.37. The first-order chi connectivity index (χ1) is 8.30. The molecule has 0 bridgehead atoms. The lowest BCUT2D eigenvalue weighted by molar-refractivity contribution is -0.133. The molecule has 0 N–H and O–H groups in total. The molecule has 0 fully saturated rings. The molecule has 0 rings (SSSR count). The molecule has 3 nitrogen and oxygen atoms in total. The van der Waals surface area contributed by atoms with Crippen LogP contribution in [-0.4, -0.2) is 48.9 Å². The van der Waals surface area contributed by atoms with Gasteiger partial charge in [0, 0.05) is 26.1 Å². The summed E-state index contributed by atoms with van der Waals surface area (Å²) in [6.45, 7) is 14.5. The van der Waals surface area contributed by atoms with Gasteiger partial charge in [-0.05, 0) is 25.4 Å². The van der Waals surface area contributed by atoms with Crippen molar-refractivity contribution in [3.05, 3.63) is 0 Å². The lowest BCUT2D eigenvalue weighted by atomic mass is 9.91. The van der Waals surface area contributed by atoms with Crippen LogP contribution in [0.5, 0.6) is 0 Å². The van der Waals surface area contributed by atoms with Crippen molar-refractivity contribution >= 4 is 5.91 Å². The number of rotatable bonds is 8. The molecule has 0 spiro atoms. The van der Waals surface area contributed by atoms with E-state index in [2.05, 4.69) is 46.6 Å². The zero-order valence-corrected chi connectivity index (χ0v) is 13.3. The molecule has 1 amide bonds. The highest BCUT2D eigenvalue weighted by Crippen LogP contribution is 2.20. The maximum absolute atomic E-state index is 12.3. The average Bonchev–Trinajstić information content (AvgIpc) is 2.26. The maximum atomic E-state index is 12.3. The van der Waals surface area contributed by atoms with Crippen LogP contribution in [0.2, 0.25) is 0 Å². The summed E-state index contributed by atoms with van der Waals surface area (Å²) in [5, 5.41) is 0. The van der Waals surface area contributed by atoms with Gasteiger partial charge in [-0.1, -0.05) is 41.0 Å². The van der Waals surface area contributed by atoms with Gasteiger partial charge in [0.25, 0.3) is 0 Å². The number of likely N-dealkylation sites (N-methyl/N-ethyl adjacent to an activating group) is 1. The zero-order valence-electron chi connectivity index (χ0n) is 13.3. The summed E-state index contributed by atoms with van der Waals surface area (Å²) in [5.74, 6) is 0.306. The van der Waals surface area contributed by atoms with E-state index >= 15 is 0 Å². The average molecular weight is 256 g/mol. The van der Waals surface area contributed by atoms with Crippen molar-refractivity contribution in [2.75, 3.05) is 33.2 Å². The van der Waals surface area contributed by atoms with Crippen LogP contribution in [0.3, 0.4) is 0 Å². The summed E-state index contributed by atoms with van der Waals surface area (Å²) in [4.78, 5) is 16.6. The summed E-state index contributed by atoms with van der Waals surface area (Å²) < 4.78 is 0. The van der Waals surface area contributed by atoms with E-state index < -0.39 is 0 Å². The SMILES string of the molecule is CCCCN(CCN(C)CC)C(=O)CC(C)(C)C. The summed E-state index contributed by atoms with van der Waals surface area (Å²) in [6.07, 6.45) is 2.89. The molecular weight excluding hydrogens is 224 g/mol. The van der Waals surface area contributed by atoms with Crippen molar-refractivity contribution in [3.8, 4) is 0 Å². The molecule has 0 aliphatic rings. The van der Waals surface area contributed by atoms with E-state index in [1.807, 2.05) is 4.90 Å². The van der Waals surface area contributed by atoms with Crippen LogP contribution in [0.25, 0.3) is 0 Å². The highest BCUT2D eigenvalue weighted by molar-refractivity contribution is 5.76. The predicted molar refractivity (Wildman–Crippen MR) is 78.7 cm³/mol. The Bertz CT molecular complexity index is 233. The molecule has 0 aromatic heterocycles. The third kappa shape index (κ3) is 8.51. The van der Waals surface area contributed by atoms with E-state index in [4.69, 9.17) is 0 Å². The molecule has 0 aliphatic carbocycles. The molecule has 0 heterocycles. The monoisotopic (exact) mass is 256 g/mol. The van der Waals surface area contributed by atoms with Gasteiger partial charge >= 0.3 is 0 Å². The molecular formula is C15H32N2O. The van der Waals surface area contributed by atoms with Crippen LogP contribution in [0, 0.1) is 5.41 Å². The fraction of sp³-hybridized carbons (Fsp3) is 0.933. The van der Waals surface area contributed by atoms with Crippen LogP contribution in [0.1, 0.15) is 53.9 Å². The maximum Gasteiger partial charge on any atom is 0.223 e. The molecule has 0 radical (unpaired) electrons. The van der Waals surface area contributed by atoms with Crippen molar-refractivity contribution < 1.29 is 4.79 Å². The third-order valence-corrected chi connectivity index (χ3v) is 3.11. The quantitative estimate of drug-likeness (QED) is 0.666. The van der Waals surface area contributed by atoms with Gasteiger partial charge in [-0.15, -0.1) is 0 Å². The molecule has 0 saturated carbocycles. The Morgan fingerprint density at radius 1 is 1.06 bits per heavy atom. The molecule has 108 valence electrons. The van der Waals surface area contributed by atoms with Crippen molar-refractivity contribution in [2.45, 2.75) is 53.9 Å². The summed E-state index contributed by atoms with van der Waals surface area (Å²) in [6, 6.07) is 0. The predicted octanol–water partition coefficient (Wildman–Crippen LogP) is 3.00. The van der Waals surface area contributed by atoms with E-state index in [9.17, 15) is 4.79 Å². The second kappa shape index (κ2) is 8.52. The van der Waals surface area contributed by atoms with Crippen LogP contribution in [0.4, 0.5) is 0 Å². The first kappa shape index (κ1) is 17.4. The highest BCUT2D eigenvalue weighted by atomic mass is 16.2. The fourth-order valence-corrected chi connectivity index (χ4v) is 1.73. The Morgan fingerprint density at radius 3 is 2.11 bits per heavy atom. The Labute approximate surface area is 114 Å². The van der Waals surface area contributed by atoms with E-state index in [1.54, 1.807) is 0 Å². The molecule has 0 atom stereocenters. The van der Waals surface area contributed by atoms with Gasteiger partial charge in [0.05, 0.1) is 0 Å². The van der Waals surface area contributed by atoms with Gasteiger partial charge < -0.3 is 9.80 Å². The Hall–Kier alpha value is -0.570. The number of carbonyl (C=O) groups is 1. The Kier molecular flexibility index (Phi) is 8.25. The second-order valence-electron chi connectivity index (χ2n) is 6.37. The highest BCUT2D eigenvalue weighted by Gasteiger charge is 2.20. The third-order valence-electron chi connectivity index (χ3n) is 3.11. The standard InChI is InChI=1S/C15H32N2O/c1-7-9-10-17(12-11-16(6)8-2)14(18)13-15(3,4)5/h7-13H2,1-6H3.